The van der Waals surface area contributed by atoms with Gasteiger partial charge < -0.3 is 4.57 Å². The molecule has 0 radical (unpaired) electrons. The van der Waals surface area contributed by atoms with Crippen LogP contribution in [0.2, 0.25) is 18.1 Å². The average Bonchev–Trinajstić information content (AvgIpc) is 2.60. The number of hydrogen-bond donors (Lipinski definition) is 0. The van der Waals surface area contributed by atoms with Crippen LogP contribution in [-0.2, 0) is 4.79 Å². The SMILES string of the molecule is CC(C)(C)[Si](C)(C)N1C(=O)[C@H]2C=C[C@H]1C2. The normalized spacial score (nSPS) is 30.5. The van der Waals surface area contributed by atoms with E-state index >= 15 is 0 Å². The Morgan fingerprint density at radius 2 is 1.93 bits per heavy atom. The standard InChI is InChI=1S/C12H21NOSi/c1-12(2,3)15(4,5)13-10-7-6-9(8-10)11(13)14/h6-7,9-10H,8H2,1-5H3/t9-,10-/m0/s1. The van der Waals surface area contributed by atoms with Crippen molar-refractivity contribution in [3.8, 4) is 0 Å². The van der Waals surface area contributed by atoms with E-state index < -0.39 is 8.24 Å². The number of fused-ring (bicyclic) bond motifs is 2. The van der Waals surface area contributed by atoms with Crippen molar-refractivity contribution < 1.29 is 4.79 Å². The molecule has 2 atom stereocenters. The third kappa shape index (κ3) is 1.40. The van der Waals surface area contributed by atoms with Crippen LogP contribution in [0.5, 0.6) is 0 Å². The maximum Gasteiger partial charge on any atom is 0.222 e. The zero-order valence-electron chi connectivity index (χ0n) is 10.4. The minimum Gasteiger partial charge on any atom is -0.363 e. The highest BCUT2D eigenvalue weighted by molar-refractivity contribution is 6.79. The molecule has 1 amide bonds. The fourth-order valence-electron chi connectivity index (χ4n) is 2.45. The van der Waals surface area contributed by atoms with Crippen molar-refractivity contribution in [1.82, 2.24) is 4.57 Å². The van der Waals surface area contributed by atoms with Gasteiger partial charge in [0.05, 0.1) is 5.92 Å². The molecule has 2 aliphatic rings. The summed E-state index contributed by atoms with van der Waals surface area (Å²) >= 11 is 0. The molecule has 1 aliphatic heterocycles. The summed E-state index contributed by atoms with van der Waals surface area (Å²) in [5, 5.41) is 0.251. The Balaban J connectivity index is 2.33. The summed E-state index contributed by atoms with van der Waals surface area (Å²) in [6, 6.07) is 0.406. The van der Waals surface area contributed by atoms with Crippen molar-refractivity contribution in [2.75, 3.05) is 0 Å². The fourth-order valence-corrected chi connectivity index (χ4v) is 4.91. The lowest BCUT2D eigenvalue weighted by Crippen LogP contribution is -2.59. The molecule has 15 heavy (non-hydrogen) atoms. The lowest BCUT2D eigenvalue weighted by molar-refractivity contribution is -0.127. The first-order chi connectivity index (χ1) is 6.75. The number of rotatable bonds is 1. The van der Waals surface area contributed by atoms with Crippen LogP contribution < -0.4 is 0 Å². The monoisotopic (exact) mass is 223 g/mol. The van der Waals surface area contributed by atoms with E-state index in [9.17, 15) is 4.79 Å². The molecule has 2 rings (SSSR count). The van der Waals surface area contributed by atoms with Crippen molar-refractivity contribution in [3.05, 3.63) is 12.2 Å². The van der Waals surface area contributed by atoms with Crippen molar-refractivity contribution in [2.45, 2.75) is 51.4 Å². The Morgan fingerprint density at radius 1 is 1.33 bits per heavy atom. The Kier molecular flexibility index (Phi) is 2.16. The number of nitrogens with zero attached hydrogens (tertiary/aromatic N) is 1. The van der Waals surface area contributed by atoms with Crippen molar-refractivity contribution in [2.24, 2.45) is 5.92 Å². The number of carbonyl (C=O) groups is 1. The Hall–Kier alpha value is -0.573. The van der Waals surface area contributed by atoms with E-state index in [0.717, 1.165) is 6.42 Å². The van der Waals surface area contributed by atoms with E-state index in [1.807, 2.05) is 0 Å². The van der Waals surface area contributed by atoms with Gasteiger partial charge in [-0.05, 0) is 11.5 Å². The largest absolute Gasteiger partial charge is 0.363 e. The first-order valence-corrected chi connectivity index (χ1v) is 8.71. The second-order valence-electron chi connectivity index (χ2n) is 6.31. The molecule has 1 aliphatic carbocycles. The molecule has 0 aromatic rings. The van der Waals surface area contributed by atoms with Crippen LogP contribution in [-0.4, -0.2) is 24.7 Å². The summed E-state index contributed by atoms with van der Waals surface area (Å²) in [7, 11) is -1.66. The van der Waals surface area contributed by atoms with Crippen molar-refractivity contribution in [1.29, 1.82) is 0 Å². The Labute approximate surface area is 93.4 Å². The third-order valence-corrected chi connectivity index (χ3v) is 9.81. The highest BCUT2D eigenvalue weighted by Gasteiger charge is 2.52. The van der Waals surface area contributed by atoms with Crippen molar-refractivity contribution in [3.63, 3.8) is 0 Å². The number of hydrogen-bond acceptors (Lipinski definition) is 1. The van der Waals surface area contributed by atoms with Crippen LogP contribution >= 0.6 is 0 Å². The van der Waals surface area contributed by atoms with Gasteiger partial charge in [0.2, 0.25) is 5.91 Å². The fraction of sp³-hybridized carbons (Fsp3) is 0.750. The molecule has 3 heteroatoms. The van der Waals surface area contributed by atoms with Crippen LogP contribution in [0.25, 0.3) is 0 Å². The Morgan fingerprint density at radius 3 is 2.33 bits per heavy atom. The summed E-state index contributed by atoms with van der Waals surface area (Å²) in [5.74, 6) is 0.582. The first-order valence-electron chi connectivity index (χ1n) is 5.76. The minimum absolute atomic E-state index is 0.198. The molecule has 2 nitrogen and oxygen atoms in total. The maximum atomic E-state index is 12.2. The first kappa shape index (κ1) is 10.9. The summed E-state index contributed by atoms with van der Waals surface area (Å²) in [6.45, 7) is 11.4. The van der Waals surface area contributed by atoms with Gasteiger partial charge in [0.1, 0.15) is 0 Å². The van der Waals surface area contributed by atoms with Gasteiger partial charge in [0, 0.05) is 6.04 Å². The smallest absolute Gasteiger partial charge is 0.222 e. The zero-order valence-corrected chi connectivity index (χ0v) is 11.4. The molecule has 2 bridgehead atoms. The van der Waals surface area contributed by atoms with Gasteiger partial charge in [-0.15, -0.1) is 0 Å². The second kappa shape index (κ2) is 2.97. The van der Waals surface area contributed by atoms with E-state index in [0.29, 0.717) is 11.9 Å². The summed E-state index contributed by atoms with van der Waals surface area (Å²) in [6.07, 6.45) is 5.36. The zero-order chi connectivity index (χ0) is 11.4. The molecule has 0 aromatic carbocycles. The quantitative estimate of drug-likeness (QED) is 0.494. The molecule has 0 spiro atoms. The van der Waals surface area contributed by atoms with Gasteiger partial charge in [-0.3, -0.25) is 4.79 Å². The Bertz CT molecular complexity index is 327. The predicted octanol–water partition coefficient (Wildman–Crippen LogP) is 2.78. The minimum atomic E-state index is -1.66. The lowest BCUT2D eigenvalue weighted by Gasteiger charge is -2.46. The molecule has 0 unspecified atom stereocenters. The van der Waals surface area contributed by atoms with E-state index in [1.54, 1.807) is 0 Å². The van der Waals surface area contributed by atoms with Crippen LogP contribution in [0.1, 0.15) is 27.2 Å². The van der Waals surface area contributed by atoms with E-state index in [-0.39, 0.29) is 11.0 Å². The van der Waals surface area contributed by atoms with E-state index in [2.05, 4.69) is 50.6 Å². The third-order valence-electron chi connectivity index (χ3n) is 4.38. The molecular formula is C12H21NOSi. The van der Waals surface area contributed by atoms with Gasteiger partial charge in [-0.25, -0.2) is 0 Å². The highest BCUT2D eigenvalue weighted by atomic mass is 28.3. The lowest BCUT2D eigenvalue weighted by atomic mass is 10.1. The van der Waals surface area contributed by atoms with Gasteiger partial charge >= 0.3 is 0 Å². The molecule has 1 saturated heterocycles. The summed E-state index contributed by atoms with van der Waals surface area (Å²) in [5.41, 5.74) is 0. The van der Waals surface area contributed by atoms with Crippen LogP contribution in [0.4, 0.5) is 0 Å². The van der Waals surface area contributed by atoms with Gasteiger partial charge in [0.25, 0.3) is 0 Å². The van der Waals surface area contributed by atoms with Crippen LogP contribution in [0.15, 0.2) is 12.2 Å². The van der Waals surface area contributed by atoms with Crippen LogP contribution in [0.3, 0.4) is 0 Å². The van der Waals surface area contributed by atoms with E-state index in [4.69, 9.17) is 0 Å². The number of amides is 1. The molecule has 84 valence electrons. The van der Waals surface area contributed by atoms with Gasteiger partial charge in [-0.2, -0.15) is 0 Å². The average molecular weight is 223 g/mol. The maximum absolute atomic E-state index is 12.2. The van der Waals surface area contributed by atoms with E-state index in [1.165, 1.54) is 0 Å². The van der Waals surface area contributed by atoms with Crippen LogP contribution in [0, 0.1) is 5.92 Å². The predicted molar refractivity (Wildman–Crippen MR) is 65.1 cm³/mol. The van der Waals surface area contributed by atoms with Gasteiger partial charge in [0.15, 0.2) is 8.24 Å². The summed E-state index contributed by atoms with van der Waals surface area (Å²) < 4.78 is 2.23. The molecule has 0 N–H and O–H groups in total. The molecule has 1 heterocycles. The second-order valence-corrected chi connectivity index (χ2v) is 11.4. The highest BCUT2D eigenvalue weighted by Crippen LogP contribution is 2.45. The molecule has 1 fully saturated rings. The topological polar surface area (TPSA) is 20.3 Å². The molecular weight excluding hydrogens is 202 g/mol. The molecule has 0 saturated carbocycles. The van der Waals surface area contributed by atoms with Crippen molar-refractivity contribution >= 4 is 14.1 Å². The summed E-state index contributed by atoms with van der Waals surface area (Å²) in [4.78, 5) is 12.2. The number of carbonyl (C=O) groups excluding carboxylic acids is 1. The van der Waals surface area contributed by atoms with Gasteiger partial charge in [-0.1, -0.05) is 46.0 Å². The molecule has 0 aromatic heterocycles.